The van der Waals surface area contributed by atoms with E-state index >= 15 is 0 Å². The fourth-order valence-corrected chi connectivity index (χ4v) is 4.85. The van der Waals surface area contributed by atoms with Crippen molar-refractivity contribution >= 4 is 44.9 Å². The standard InChI is InChI=1S/C21H22N4O3S/c1-11-16-18(23-13(3)24-19(16)29-17(11)21(27)28-4)22-12(2)20(26)25-10-9-14-7-5-6-8-15(14)25/h5-8,12H,9-10H2,1-4H3,(H,22,23,24). The molecule has 8 heteroatoms. The normalized spacial score (nSPS) is 14.0. The molecule has 0 spiro atoms. The van der Waals surface area contributed by atoms with E-state index in [0.29, 0.717) is 27.9 Å². The van der Waals surface area contributed by atoms with Crippen LogP contribution in [0.25, 0.3) is 10.2 Å². The number of nitrogens with one attached hydrogen (secondary N) is 1. The molecule has 0 saturated heterocycles. The van der Waals surface area contributed by atoms with Crippen molar-refractivity contribution in [1.82, 2.24) is 9.97 Å². The molecule has 7 nitrogen and oxygen atoms in total. The largest absolute Gasteiger partial charge is 0.465 e. The topological polar surface area (TPSA) is 84.4 Å². The fraction of sp³-hybridized carbons (Fsp3) is 0.333. The summed E-state index contributed by atoms with van der Waals surface area (Å²) in [5.41, 5.74) is 2.91. The molecule has 3 heterocycles. The second-order valence-electron chi connectivity index (χ2n) is 7.08. The molecule has 1 atom stereocenters. The van der Waals surface area contributed by atoms with Gasteiger partial charge in [-0.2, -0.15) is 0 Å². The summed E-state index contributed by atoms with van der Waals surface area (Å²) in [5, 5.41) is 4.01. The van der Waals surface area contributed by atoms with Gasteiger partial charge in [0, 0.05) is 12.2 Å². The fourth-order valence-electron chi connectivity index (χ4n) is 3.71. The Morgan fingerprint density at radius 3 is 2.76 bits per heavy atom. The maximum atomic E-state index is 13.1. The average molecular weight is 410 g/mol. The molecule has 0 aliphatic carbocycles. The lowest BCUT2D eigenvalue weighted by atomic mass is 10.1. The molecule has 1 N–H and O–H groups in total. The zero-order valence-corrected chi connectivity index (χ0v) is 17.6. The van der Waals surface area contributed by atoms with Gasteiger partial charge in [0.2, 0.25) is 5.91 Å². The quantitative estimate of drug-likeness (QED) is 0.663. The van der Waals surface area contributed by atoms with Crippen LogP contribution in [-0.4, -0.2) is 41.5 Å². The highest BCUT2D eigenvalue weighted by Gasteiger charge is 2.29. The Morgan fingerprint density at radius 1 is 1.24 bits per heavy atom. The third-order valence-corrected chi connectivity index (χ3v) is 6.32. The van der Waals surface area contributed by atoms with Gasteiger partial charge in [-0.05, 0) is 44.4 Å². The summed E-state index contributed by atoms with van der Waals surface area (Å²) in [4.78, 5) is 37.2. The third-order valence-electron chi connectivity index (χ3n) is 5.15. The highest BCUT2D eigenvalue weighted by atomic mass is 32.1. The van der Waals surface area contributed by atoms with Crippen LogP contribution in [0.1, 0.15) is 33.5 Å². The first-order valence-electron chi connectivity index (χ1n) is 9.42. The van der Waals surface area contributed by atoms with E-state index in [1.807, 2.05) is 36.9 Å². The highest BCUT2D eigenvalue weighted by molar-refractivity contribution is 7.20. The number of anilines is 2. The zero-order chi connectivity index (χ0) is 20.7. The maximum absolute atomic E-state index is 13.1. The number of aryl methyl sites for hydroxylation is 2. The summed E-state index contributed by atoms with van der Waals surface area (Å²) >= 11 is 1.28. The van der Waals surface area contributed by atoms with Crippen molar-refractivity contribution in [3.8, 4) is 0 Å². The molecule has 150 valence electrons. The molecule has 1 aromatic carbocycles. The first-order valence-corrected chi connectivity index (χ1v) is 10.2. The number of benzene rings is 1. The predicted molar refractivity (Wildman–Crippen MR) is 114 cm³/mol. The van der Waals surface area contributed by atoms with Crippen molar-refractivity contribution in [2.75, 3.05) is 23.9 Å². The van der Waals surface area contributed by atoms with Gasteiger partial charge in [0.25, 0.3) is 0 Å². The average Bonchev–Trinajstić information content (AvgIpc) is 3.28. The second kappa shape index (κ2) is 7.44. The number of fused-ring (bicyclic) bond motifs is 2. The van der Waals surface area contributed by atoms with Gasteiger partial charge < -0.3 is 15.0 Å². The number of aromatic nitrogens is 2. The molecule has 0 bridgehead atoms. The van der Waals surface area contributed by atoms with Gasteiger partial charge in [-0.25, -0.2) is 14.8 Å². The van der Waals surface area contributed by atoms with Crippen LogP contribution in [0.5, 0.6) is 0 Å². The van der Waals surface area contributed by atoms with E-state index in [9.17, 15) is 9.59 Å². The Morgan fingerprint density at radius 2 is 2.00 bits per heavy atom. The lowest BCUT2D eigenvalue weighted by Crippen LogP contribution is -2.40. The molecule has 2 aromatic heterocycles. The smallest absolute Gasteiger partial charge is 0.348 e. The van der Waals surface area contributed by atoms with Crippen molar-refractivity contribution < 1.29 is 14.3 Å². The van der Waals surface area contributed by atoms with Gasteiger partial charge in [-0.3, -0.25) is 4.79 Å². The molecule has 4 rings (SSSR count). The summed E-state index contributed by atoms with van der Waals surface area (Å²) in [5.74, 6) is 0.723. The lowest BCUT2D eigenvalue weighted by Gasteiger charge is -2.23. The first-order chi connectivity index (χ1) is 13.9. The maximum Gasteiger partial charge on any atom is 0.348 e. The summed E-state index contributed by atoms with van der Waals surface area (Å²) < 4.78 is 4.88. The number of esters is 1. The summed E-state index contributed by atoms with van der Waals surface area (Å²) in [6.45, 7) is 6.14. The second-order valence-corrected chi connectivity index (χ2v) is 8.08. The monoisotopic (exact) mass is 410 g/mol. The Labute approximate surface area is 172 Å². The number of carbonyl (C=O) groups is 2. The van der Waals surface area contributed by atoms with Gasteiger partial charge in [0.15, 0.2) is 0 Å². The Kier molecular flexibility index (Phi) is 4.96. The molecule has 1 unspecified atom stereocenters. The van der Waals surface area contributed by atoms with E-state index in [2.05, 4.69) is 21.4 Å². The van der Waals surface area contributed by atoms with E-state index in [-0.39, 0.29) is 5.91 Å². The van der Waals surface area contributed by atoms with Crippen molar-refractivity contribution in [2.45, 2.75) is 33.2 Å². The molecule has 29 heavy (non-hydrogen) atoms. The molecule has 0 saturated carbocycles. The van der Waals surface area contributed by atoms with Crippen LogP contribution in [0, 0.1) is 13.8 Å². The Bertz CT molecular complexity index is 1120. The number of nitrogens with zero attached hydrogens (tertiary/aromatic N) is 3. The molecule has 0 fully saturated rings. The summed E-state index contributed by atoms with van der Waals surface area (Å²) in [6, 6.07) is 7.49. The van der Waals surface area contributed by atoms with Gasteiger partial charge in [0.05, 0.1) is 12.5 Å². The number of carbonyl (C=O) groups excluding carboxylic acids is 2. The van der Waals surface area contributed by atoms with Gasteiger partial charge in [-0.1, -0.05) is 18.2 Å². The van der Waals surface area contributed by atoms with Crippen LogP contribution >= 0.6 is 11.3 Å². The predicted octanol–water partition coefficient (Wildman–Crippen LogP) is 3.48. The number of hydrogen-bond acceptors (Lipinski definition) is 7. The molecule has 1 amide bonds. The minimum absolute atomic E-state index is 0.0135. The van der Waals surface area contributed by atoms with E-state index in [1.54, 1.807) is 6.92 Å². The lowest BCUT2D eigenvalue weighted by molar-refractivity contribution is -0.118. The van der Waals surface area contributed by atoms with E-state index in [4.69, 9.17) is 4.74 Å². The van der Waals surface area contributed by atoms with Crippen molar-refractivity contribution in [2.24, 2.45) is 0 Å². The van der Waals surface area contributed by atoms with E-state index in [1.165, 1.54) is 24.0 Å². The Balaban J connectivity index is 1.66. The number of methoxy groups -OCH3 is 1. The van der Waals surface area contributed by atoms with Crippen LogP contribution in [0.4, 0.5) is 11.5 Å². The third kappa shape index (κ3) is 3.33. The number of amides is 1. The highest BCUT2D eigenvalue weighted by Crippen LogP contribution is 2.35. The summed E-state index contributed by atoms with van der Waals surface area (Å²) in [7, 11) is 1.36. The summed E-state index contributed by atoms with van der Waals surface area (Å²) in [6.07, 6.45) is 0.859. The molecule has 3 aromatic rings. The van der Waals surface area contributed by atoms with E-state index < -0.39 is 12.0 Å². The van der Waals surface area contributed by atoms with Crippen molar-refractivity contribution in [3.63, 3.8) is 0 Å². The molecular weight excluding hydrogens is 388 g/mol. The number of thiophene rings is 1. The Hall–Kier alpha value is -3.00. The molecule has 1 aliphatic heterocycles. The van der Waals surface area contributed by atoms with E-state index in [0.717, 1.165) is 23.1 Å². The number of hydrogen-bond donors (Lipinski definition) is 1. The van der Waals surface area contributed by atoms with Crippen LogP contribution in [0.2, 0.25) is 0 Å². The van der Waals surface area contributed by atoms with Crippen LogP contribution in [0.15, 0.2) is 24.3 Å². The minimum atomic E-state index is -0.487. The van der Waals surface area contributed by atoms with Crippen molar-refractivity contribution in [3.05, 3.63) is 46.1 Å². The van der Waals surface area contributed by atoms with Crippen molar-refractivity contribution in [1.29, 1.82) is 0 Å². The molecule has 1 aliphatic rings. The molecule has 0 radical (unpaired) electrons. The van der Waals surface area contributed by atoms with Gasteiger partial charge >= 0.3 is 5.97 Å². The SMILES string of the molecule is COC(=O)c1sc2nc(C)nc(NC(C)C(=O)N3CCc4ccccc43)c2c1C. The minimum Gasteiger partial charge on any atom is -0.465 e. The number of rotatable bonds is 4. The van der Waals surface area contributed by atoms with Crippen LogP contribution < -0.4 is 10.2 Å². The van der Waals surface area contributed by atoms with Gasteiger partial charge in [-0.15, -0.1) is 11.3 Å². The van der Waals surface area contributed by atoms with Gasteiger partial charge in [0.1, 0.15) is 27.4 Å². The van der Waals surface area contributed by atoms with Crippen LogP contribution in [-0.2, 0) is 16.0 Å². The zero-order valence-electron chi connectivity index (χ0n) is 16.8. The van der Waals surface area contributed by atoms with Crippen LogP contribution in [0.3, 0.4) is 0 Å². The number of para-hydroxylation sites is 1. The number of ether oxygens (including phenoxy) is 1. The molecular formula is C21H22N4O3S. The first kappa shape index (κ1) is 19.3.